The normalized spacial score (nSPS) is 47.6. The molecule has 4 aliphatic heterocycles. The Hall–Kier alpha value is -1.43. The number of hydrogen-bond acceptors (Lipinski definition) is 4. The van der Waals surface area contributed by atoms with Gasteiger partial charge in [-0.15, -0.1) is 0 Å². The maximum atomic E-state index is 12.9. The predicted octanol–water partition coefficient (Wildman–Crippen LogP) is 0.550. The Morgan fingerprint density at radius 1 is 1.05 bits per heavy atom. The molecule has 3 amide bonds. The molecule has 0 aromatic carbocycles. The fraction of sp³-hybridized carbons (Fsp3) is 0.812. The highest BCUT2D eigenvalue weighted by Gasteiger charge is 2.72. The molecule has 0 aliphatic carbocycles. The van der Waals surface area contributed by atoms with Gasteiger partial charge in [-0.2, -0.15) is 0 Å². The lowest BCUT2D eigenvalue weighted by Gasteiger charge is -2.36. The van der Waals surface area contributed by atoms with Gasteiger partial charge in [0, 0.05) is 20.0 Å². The van der Waals surface area contributed by atoms with Crippen LogP contribution in [0.3, 0.4) is 0 Å². The van der Waals surface area contributed by atoms with E-state index in [0.29, 0.717) is 19.4 Å². The number of nitrogens with zero attached hydrogens (tertiary/aromatic N) is 2. The summed E-state index contributed by atoms with van der Waals surface area (Å²) in [5, 5.41) is 0. The number of hydrogen-bond donors (Lipinski definition) is 0. The van der Waals surface area contributed by atoms with Crippen LogP contribution in [-0.4, -0.2) is 58.4 Å². The van der Waals surface area contributed by atoms with E-state index in [1.165, 1.54) is 4.90 Å². The third kappa shape index (κ3) is 1.56. The average Bonchev–Trinajstić information content (AvgIpc) is 2.99. The van der Waals surface area contributed by atoms with Crippen molar-refractivity contribution < 1.29 is 19.1 Å². The number of carbonyl (C=O) groups excluding carboxylic acids is 3. The largest absolute Gasteiger partial charge is 0.367 e. The number of likely N-dealkylation sites (N-methyl/N-ethyl adjacent to an activating group) is 1. The SMILES string of the molecule is CN1CC(N2C(=O)[C@@H]3[C@H](C2=O)[C@]2(C)CC[C@@]3(C)O2)CCC1=O. The van der Waals surface area contributed by atoms with Crippen molar-refractivity contribution >= 4 is 17.7 Å². The van der Waals surface area contributed by atoms with Crippen molar-refractivity contribution in [1.29, 1.82) is 0 Å². The topological polar surface area (TPSA) is 66.9 Å². The Balaban J connectivity index is 1.66. The first kappa shape index (κ1) is 14.2. The number of amides is 3. The zero-order chi connectivity index (χ0) is 15.9. The molecule has 0 spiro atoms. The van der Waals surface area contributed by atoms with E-state index < -0.39 is 11.2 Å². The fourth-order valence-corrected chi connectivity index (χ4v) is 5.05. The number of rotatable bonds is 1. The molecule has 4 rings (SSSR count). The molecule has 5 atom stereocenters. The van der Waals surface area contributed by atoms with Gasteiger partial charge in [0.05, 0.1) is 29.1 Å². The lowest BCUT2D eigenvalue weighted by molar-refractivity contribution is -0.153. The van der Waals surface area contributed by atoms with Crippen LogP contribution >= 0.6 is 0 Å². The van der Waals surface area contributed by atoms with E-state index in [-0.39, 0.29) is 35.6 Å². The van der Waals surface area contributed by atoms with Gasteiger partial charge in [-0.3, -0.25) is 19.3 Å². The van der Waals surface area contributed by atoms with Crippen molar-refractivity contribution in [3.8, 4) is 0 Å². The zero-order valence-electron chi connectivity index (χ0n) is 13.3. The number of fused-ring (bicyclic) bond motifs is 5. The summed E-state index contributed by atoms with van der Waals surface area (Å²) in [6.07, 6.45) is 2.65. The number of likely N-dealkylation sites (tertiary alicyclic amines) is 2. The first-order valence-electron chi connectivity index (χ1n) is 8.08. The summed E-state index contributed by atoms with van der Waals surface area (Å²) in [5.41, 5.74) is -1.01. The number of ether oxygens (including phenoxy) is 1. The van der Waals surface area contributed by atoms with Crippen LogP contribution in [0, 0.1) is 11.8 Å². The minimum absolute atomic E-state index is 0.0814. The van der Waals surface area contributed by atoms with Gasteiger partial charge in [-0.05, 0) is 33.1 Å². The molecule has 22 heavy (non-hydrogen) atoms. The first-order valence-corrected chi connectivity index (χ1v) is 8.08. The molecule has 1 unspecified atom stereocenters. The molecule has 0 aromatic rings. The van der Waals surface area contributed by atoms with E-state index in [1.54, 1.807) is 11.9 Å². The maximum absolute atomic E-state index is 12.9. The summed E-state index contributed by atoms with van der Waals surface area (Å²) in [7, 11) is 1.73. The second-order valence-electron chi connectivity index (χ2n) is 7.70. The lowest BCUT2D eigenvalue weighted by atomic mass is 9.69. The molecule has 0 saturated carbocycles. The van der Waals surface area contributed by atoms with Gasteiger partial charge < -0.3 is 9.64 Å². The number of carbonyl (C=O) groups is 3. The van der Waals surface area contributed by atoms with E-state index in [9.17, 15) is 14.4 Å². The van der Waals surface area contributed by atoms with Crippen LogP contribution in [0.5, 0.6) is 0 Å². The molecule has 0 aromatic heterocycles. The summed E-state index contributed by atoms with van der Waals surface area (Å²) in [4.78, 5) is 40.6. The average molecular weight is 306 g/mol. The van der Waals surface area contributed by atoms with Crippen molar-refractivity contribution in [1.82, 2.24) is 9.80 Å². The zero-order valence-corrected chi connectivity index (χ0v) is 13.3. The second kappa shape index (κ2) is 4.10. The fourth-order valence-electron chi connectivity index (χ4n) is 5.05. The molecule has 4 fully saturated rings. The van der Waals surface area contributed by atoms with Crippen LogP contribution in [0.15, 0.2) is 0 Å². The minimum Gasteiger partial charge on any atom is -0.367 e. The van der Waals surface area contributed by atoms with Crippen LogP contribution in [-0.2, 0) is 19.1 Å². The first-order chi connectivity index (χ1) is 10.3. The number of imide groups is 1. The number of piperidine rings is 1. The third-order valence-electron chi connectivity index (χ3n) is 6.21. The van der Waals surface area contributed by atoms with Crippen molar-refractivity contribution in [2.24, 2.45) is 11.8 Å². The van der Waals surface area contributed by atoms with Crippen LogP contribution in [0.2, 0.25) is 0 Å². The van der Waals surface area contributed by atoms with Gasteiger partial charge in [0.25, 0.3) is 0 Å². The predicted molar refractivity (Wildman–Crippen MR) is 76.6 cm³/mol. The van der Waals surface area contributed by atoms with Crippen LogP contribution < -0.4 is 0 Å². The second-order valence-corrected chi connectivity index (χ2v) is 7.70. The molecular weight excluding hydrogens is 284 g/mol. The molecule has 4 heterocycles. The summed E-state index contributed by atoms with van der Waals surface area (Å²) < 4.78 is 6.10. The third-order valence-corrected chi connectivity index (χ3v) is 6.21. The van der Waals surface area contributed by atoms with E-state index in [4.69, 9.17) is 4.74 Å². The van der Waals surface area contributed by atoms with Gasteiger partial charge in [-0.25, -0.2) is 0 Å². The Bertz CT molecular complexity index is 557. The Morgan fingerprint density at radius 2 is 1.59 bits per heavy atom. The smallest absolute Gasteiger partial charge is 0.236 e. The standard InChI is InChI=1S/C16H22N2O4/c1-15-6-7-16(2,22-15)12-11(15)13(20)18(14(12)21)9-4-5-10(19)17(3)8-9/h9,11-12H,4-8H2,1-3H3/t9?,11-,12+,15+,16-. The van der Waals surface area contributed by atoms with Crippen LogP contribution in [0.1, 0.15) is 39.5 Å². The molecule has 2 bridgehead atoms. The van der Waals surface area contributed by atoms with Crippen molar-refractivity contribution in [2.45, 2.75) is 56.8 Å². The Morgan fingerprint density at radius 3 is 2.09 bits per heavy atom. The van der Waals surface area contributed by atoms with Gasteiger partial charge in [0.1, 0.15) is 0 Å². The van der Waals surface area contributed by atoms with Crippen molar-refractivity contribution in [3.63, 3.8) is 0 Å². The summed E-state index contributed by atoms with van der Waals surface area (Å²) in [6.45, 7) is 4.38. The van der Waals surface area contributed by atoms with Crippen molar-refractivity contribution in [2.75, 3.05) is 13.6 Å². The maximum Gasteiger partial charge on any atom is 0.236 e. The highest BCUT2D eigenvalue weighted by Crippen LogP contribution is 2.60. The van der Waals surface area contributed by atoms with E-state index in [0.717, 1.165) is 12.8 Å². The summed E-state index contributed by atoms with van der Waals surface area (Å²) in [5.74, 6) is -0.788. The highest BCUT2D eigenvalue weighted by molar-refractivity contribution is 6.07. The van der Waals surface area contributed by atoms with Crippen LogP contribution in [0.4, 0.5) is 0 Å². The summed E-state index contributed by atoms with van der Waals surface area (Å²) >= 11 is 0. The quantitative estimate of drug-likeness (QED) is 0.664. The van der Waals surface area contributed by atoms with E-state index in [1.807, 2.05) is 13.8 Å². The lowest BCUT2D eigenvalue weighted by Crippen LogP contribution is -2.52. The molecule has 0 N–H and O–H groups in total. The Labute approximate surface area is 129 Å². The molecule has 6 heteroatoms. The Kier molecular flexibility index (Phi) is 2.64. The van der Waals surface area contributed by atoms with Gasteiger partial charge in [0.2, 0.25) is 17.7 Å². The van der Waals surface area contributed by atoms with Gasteiger partial charge in [0.15, 0.2) is 0 Å². The molecule has 4 saturated heterocycles. The molecule has 0 radical (unpaired) electrons. The molecule has 4 aliphatic rings. The monoisotopic (exact) mass is 306 g/mol. The molecular formula is C16H22N2O4. The molecule has 120 valence electrons. The van der Waals surface area contributed by atoms with Crippen LogP contribution in [0.25, 0.3) is 0 Å². The highest BCUT2D eigenvalue weighted by atomic mass is 16.5. The van der Waals surface area contributed by atoms with Crippen molar-refractivity contribution in [3.05, 3.63) is 0 Å². The van der Waals surface area contributed by atoms with Gasteiger partial charge >= 0.3 is 0 Å². The van der Waals surface area contributed by atoms with E-state index in [2.05, 4.69) is 0 Å². The minimum atomic E-state index is -0.503. The molecule has 6 nitrogen and oxygen atoms in total. The van der Waals surface area contributed by atoms with E-state index >= 15 is 0 Å². The van der Waals surface area contributed by atoms with Gasteiger partial charge in [-0.1, -0.05) is 0 Å². The summed E-state index contributed by atoms with van der Waals surface area (Å²) in [6, 6.07) is -0.181.